The molecular formula is C12H10BrFN2O. The number of hydrogen-bond acceptors (Lipinski definition) is 3. The van der Waals surface area contributed by atoms with E-state index >= 15 is 0 Å². The van der Waals surface area contributed by atoms with Crippen molar-refractivity contribution in [1.29, 1.82) is 0 Å². The largest absolute Gasteiger partial charge is 0.508 e. The number of hydrogen-bond donors (Lipinski definition) is 2. The van der Waals surface area contributed by atoms with Gasteiger partial charge in [0.15, 0.2) is 0 Å². The topological polar surface area (TPSA) is 45.1 Å². The molecule has 0 aliphatic rings. The van der Waals surface area contributed by atoms with Crippen LogP contribution in [0.4, 0.5) is 10.1 Å². The van der Waals surface area contributed by atoms with Gasteiger partial charge in [-0.3, -0.25) is 4.98 Å². The van der Waals surface area contributed by atoms with Crippen molar-refractivity contribution in [1.82, 2.24) is 4.98 Å². The van der Waals surface area contributed by atoms with E-state index in [1.807, 2.05) is 6.07 Å². The summed E-state index contributed by atoms with van der Waals surface area (Å²) in [6, 6.07) is 5.71. The van der Waals surface area contributed by atoms with Gasteiger partial charge in [0.1, 0.15) is 11.6 Å². The fourth-order valence-corrected chi connectivity index (χ4v) is 1.77. The summed E-state index contributed by atoms with van der Waals surface area (Å²) in [6.45, 7) is 0.335. The van der Waals surface area contributed by atoms with Crippen LogP contribution in [-0.4, -0.2) is 10.1 Å². The Bertz CT molecular complexity index is 534. The molecule has 2 aromatic rings. The zero-order valence-electron chi connectivity index (χ0n) is 8.82. The summed E-state index contributed by atoms with van der Waals surface area (Å²) in [5.41, 5.74) is 1.30. The Labute approximate surface area is 106 Å². The minimum atomic E-state index is -0.369. The van der Waals surface area contributed by atoms with E-state index in [-0.39, 0.29) is 11.6 Å². The van der Waals surface area contributed by atoms with Crippen LogP contribution in [0.3, 0.4) is 0 Å². The lowest BCUT2D eigenvalue weighted by Gasteiger charge is -2.08. The molecule has 0 aliphatic carbocycles. The quantitative estimate of drug-likeness (QED) is 0.913. The molecule has 0 bridgehead atoms. The molecule has 5 heteroatoms. The van der Waals surface area contributed by atoms with Crippen molar-refractivity contribution in [2.45, 2.75) is 6.54 Å². The average Bonchev–Trinajstić information content (AvgIpc) is 2.30. The van der Waals surface area contributed by atoms with Crippen LogP contribution in [-0.2, 0) is 6.54 Å². The molecule has 0 aliphatic heterocycles. The summed E-state index contributed by atoms with van der Waals surface area (Å²) in [6.07, 6.45) is 3.33. The average molecular weight is 297 g/mol. The summed E-state index contributed by atoms with van der Waals surface area (Å²) >= 11 is 3.30. The number of phenols is 1. The van der Waals surface area contributed by atoms with Crippen LogP contribution >= 0.6 is 15.9 Å². The molecule has 17 heavy (non-hydrogen) atoms. The Kier molecular flexibility index (Phi) is 3.58. The number of halogens is 2. The van der Waals surface area contributed by atoms with Gasteiger partial charge in [0.2, 0.25) is 0 Å². The lowest BCUT2D eigenvalue weighted by molar-refractivity contribution is 0.466. The highest BCUT2D eigenvalue weighted by Crippen LogP contribution is 2.20. The number of aromatic hydroxyl groups is 1. The van der Waals surface area contributed by atoms with Gasteiger partial charge in [-0.15, -0.1) is 0 Å². The molecule has 0 saturated heterocycles. The SMILES string of the molecule is Oc1ccc(F)cc1CNc1cncc(Br)c1. The molecule has 0 radical (unpaired) electrons. The van der Waals surface area contributed by atoms with Crippen molar-refractivity contribution < 1.29 is 9.50 Å². The predicted octanol–water partition coefficient (Wildman–Crippen LogP) is 3.30. The van der Waals surface area contributed by atoms with Crippen LogP contribution in [0.2, 0.25) is 0 Å². The summed E-state index contributed by atoms with van der Waals surface area (Å²) in [4.78, 5) is 3.99. The van der Waals surface area contributed by atoms with Crippen LogP contribution < -0.4 is 5.32 Å². The highest BCUT2D eigenvalue weighted by Gasteiger charge is 2.03. The molecule has 3 nitrogen and oxygen atoms in total. The van der Waals surface area contributed by atoms with E-state index in [1.165, 1.54) is 18.2 Å². The van der Waals surface area contributed by atoms with Gasteiger partial charge in [0.05, 0.1) is 11.9 Å². The molecule has 1 aromatic carbocycles. The predicted molar refractivity (Wildman–Crippen MR) is 67.3 cm³/mol. The first-order valence-electron chi connectivity index (χ1n) is 4.97. The first-order chi connectivity index (χ1) is 8.15. The molecule has 0 saturated carbocycles. The van der Waals surface area contributed by atoms with Gasteiger partial charge in [-0.05, 0) is 40.2 Å². The highest BCUT2D eigenvalue weighted by atomic mass is 79.9. The Morgan fingerprint density at radius 1 is 1.29 bits per heavy atom. The van der Waals surface area contributed by atoms with E-state index in [0.717, 1.165) is 10.2 Å². The number of anilines is 1. The van der Waals surface area contributed by atoms with Crippen molar-refractivity contribution in [2.75, 3.05) is 5.32 Å². The normalized spacial score (nSPS) is 10.2. The zero-order chi connectivity index (χ0) is 12.3. The molecule has 0 atom stereocenters. The maximum Gasteiger partial charge on any atom is 0.123 e. The molecule has 0 amide bonds. The van der Waals surface area contributed by atoms with Gasteiger partial charge >= 0.3 is 0 Å². The van der Waals surface area contributed by atoms with Crippen LogP contribution in [0.5, 0.6) is 5.75 Å². The number of rotatable bonds is 3. The summed E-state index contributed by atoms with van der Waals surface area (Å²) in [5, 5.41) is 12.6. The van der Waals surface area contributed by atoms with Crippen LogP contribution in [0, 0.1) is 5.82 Å². The van der Waals surface area contributed by atoms with Crippen molar-refractivity contribution in [3.8, 4) is 5.75 Å². The molecule has 1 aromatic heterocycles. The van der Waals surface area contributed by atoms with Crippen molar-refractivity contribution in [3.05, 3.63) is 52.5 Å². The van der Waals surface area contributed by atoms with Gasteiger partial charge < -0.3 is 10.4 Å². The molecule has 0 unspecified atom stereocenters. The Morgan fingerprint density at radius 2 is 2.12 bits per heavy atom. The number of benzene rings is 1. The minimum Gasteiger partial charge on any atom is -0.508 e. The second kappa shape index (κ2) is 5.14. The molecule has 88 valence electrons. The van der Waals surface area contributed by atoms with Gasteiger partial charge in [-0.25, -0.2) is 4.39 Å². The first kappa shape index (κ1) is 11.9. The van der Waals surface area contributed by atoms with E-state index in [9.17, 15) is 9.50 Å². The number of nitrogens with zero attached hydrogens (tertiary/aromatic N) is 1. The summed E-state index contributed by atoms with van der Waals surface area (Å²) in [7, 11) is 0. The first-order valence-corrected chi connectivity index (χ1v) is 5.76. The fraction of sp³-hybridized carbons (Fsp3) is 0.0833. The van der Waals surface area contributed by atoms with Crippen molar-refractivity contribution in [2.24, 2.45) is 0 Å². The lowest BCUT2D eigenvalue weighted by atomic mass is 10.2. The van der Waals surface area contributed by atoms with E-state index in [0.29, 0.717) is 12.1 Å². The van der Waals surface area contributed by atoms with Crippen LogP contribution in [0.25, 0.3) is 0 Å². The van der Waals surface area contributed by atoms with Gasteiger partial charge in [-0.2, -0.15) is 0 Å². The molecule has 2 N–H and O–H groups in total. The number of nitrogens with one attached hydrogen (secondary N) is 1. The molecular weight excluding hydrogens is 287 g/mol. The Morgan fingerprint density at radius 3 is 2.88 bits per heavy atom. The maximum atomic E-state index is 13.0. The van der Waals surface area contributed by atoms with Gasteiger partial charge in [0, 0.05) is 22.8 Å². The second-order valence-corrected chi connectivity index (χ2v) is 4.43. The maximum absolute atomic E-state index is 13.0. The van der Waals surface area contributed by atoms with Crippen molar-refractivity contribution in [3.63, 3.8) is 0 Å². The van der Waals surface area contributed by atoms with Crippen molar-refractivity contribution >= 4 is 21.6 Å². The number of phenolic OH excluding ortho intramolecular Hbond substituents is 1. The van der Waals surface area contributed by atoms with Crippen LogP contribution in [0.1, 0.15) is 5.56 Å². The summed E-state index contributed by atoms with van der Waals surface area (Å²) in [5.74, 6) is -0.297. The van der Waals surface area contributed by atoms with E-state index in [2.05, 4.69) is 26.2 Å². The van der Waals surface area contributed by atoms with Crippen LogP contribution in [0.15, 0.2) is 41.1 Å². The van der Waals surface area contributed by atoms with Gasteiger partial charge in [-0.1, -0.05) is 0 Å². The molecule has 1 heterocycles. The monoisotopic (exact) mass is 296 g/mol. The fourth-order valence-electron chi connectivity index (χ4n) is 1.40. The second-order valence-electron chi connectivity index (χ2n) is 3.52. The van der Waals surface area contributed by atoms with E-state index in [4.69, 9.17) is 0 Å². The summed E-state index contributed by atoms with van der Waals surface area (Å²) < 4.78 is 13.8. The molecule has 0 spiro atoms. The Balaban J connectivity index is 2.09. The molecule has 0 fully saturated rings. The zero-order valence-corrected chi connectivity index (χ0v) is 10.4. The molecule has 2 rings (SSSR count). The number of pyridine rings is 1. The third-order valence-corrected chi connectivity index (χ3v) is 2.66. The van der Waals surface area contributed by atoms with Gasteiger partial charge in [0.25, 0.3) is 0 Å². The third kappa shape index (κ3) is 3.17. The lowest BCUT2D eigenvalue weighted by Crippen LogP contribution is -2.00. The Hall–Kier alpha value is -1.62. The van der Waals surface area contributed by atoms with E-state index < -0.39 is 0 Å². The number of aromatic nitrogens is 1. The van der Waals surface area contributed by atoms with E-state index in [1.54, 1.807) is 12.4 Å². The third-order valence-electron chi connectivity index (χ3n) is 2.23. The standard InChI is InChI=1S/C12H10BrFN2O/c13-9-4-11(7-15-6-9)16-5-8-3-10(14)1-2-12(8)17/h1-4,6-7,16-17H,5H2. The minimum absolute atomic E-state index is 0.0712. The highest BCUT2D eigenvalue weighted by molar-refractivity contribution is 9.10. The smallest absolute Gasteiger partial charge is 0.123 e.